The summed E-state index contributed by atoms with van der Waals surface area (Å²) in [6, 6.07) is 8.83. The normalized spacial score (nSPS) is 11.4. The summed E-state index contributed by atoms with van der Waals surface area (Å²) in [4.78, 5) is 22.7. The monoisotopic (exact) mass is 296 g/mol. The number of Topliss-reactive ketones (excluding diaryl/α,β-unsaturated/α-hetero) is 2. The molecule has 21 heavy (non-hydrogen) atoms. The molecular weight excluding hydrogens is 285 g/mol. The molecule has 7 heteroatoms. The van der Waals surface area contributed by atoms with Crippen molar-refractivity contribution in [1.29, 1.82) is 0 Å². The van der Waals surface area contributed by atoms with E-state index in [-0.39, 0.29) is 5.56 Å². The predicted molar refractivity (Wildman–Crippen MR) is 68.3 cm³/mol. The van der Waals surface area contributed by atoms with Crippen molar-refractivity contribution >= 4 is 11.6 Å². The van der Waals surface area contributed by atoms with Crippen molar-refractivity contribution in [2.45, 2.75) is 19.5 Å². The molecule has 0 spiro atoms. The van der Waals surface area contributed by atoms with Crippen LogP contribution in [0, 0.1) is 6.92 Å². The van der Waals surface area contributed by atoms with E-state index in [9.17, 15) is 22.8 Å². The molecular formula is C14H11F3N2O2. The summed E-state index contributed by atoms with van der Waals surface area (Å²) >= 11 is 0. The van der Waals surface area contributed by atoms with Gasteiger partial charge in [-0.15, -0.1) is 0 Å². The molecule has 2 aromatic rings. The zero-order valence-corrected chi connectivity index (χ0v) is 11.0. The van der Waals surface area contributed by atoms with E-state index in [0.29, 0.717) is 11.4 Å². The molecule has 0 aliphatic carbocycles. The highest BCUT2D eigenvalue weighted by molar-refractivity contribution is 6.09. The Kier molecular flexibility index (Phi) is 3.93. The molecule has 0 aliphatic heterocycles. The van der Waals surface area contributed by atoms with Crippen molar-refractivity contribution < 1.29 is 22.8 Å². The number of alkyl halides is 3. The standard InChI is InChI=1S/C14H11F3N2O2/c1-9-11(12(20)7-13(21)14(15,16)17)8-18-19(9)10-5-3-2-4-6-10/h2-6,8H,7H2,1H3. The molecule has 0 saturated carbocycles. The van der Waals surface area contributed by atoms with Gasteiger partial charge in [0.05, 0.1) is 29.6 Å². The highest BCUT2D eigenvalue weighted by Crippen LogP contribution is 2.21. The van der Waals surface area contributed by atoms with Crippen molar-refractivity contribution in [3.63, 3.8) is 0 Å². The van der Waals surface area contributed by atoms with E-state index in [1.54, 1.807) is 37.3 Å². The lowest BCUT2D eigenvalue weighted by Gasteiger charge is -2.06. The number of nitrogens with zero attached hydrogens (tertiary/aromatic N) is 2. The quantitative estimate of drug-likeness (QED) is 0.644. The predicted octanol–water partition coefficient (Wildman–Crippen LogP) is 2.88. The number of halogens is 3. The largest absolute Gasteiger partial charge is 0.450 e. The van der Waals surface area contributed by atoms with Crippen LogP contribution in [0.3, 0.4) is 0 Å². The Morgan fingerprint density at radius 2 is 1.81 bits per heavy atom. The summed E-state index contributed by atoms with van der Waals surface area (Å²) in [6.45, 7) is 1.56. The van der Waals surface area contributed by atoms with Crippen molar-refractivity contribution in [3.8, 4) is 5.69 Å². The first-order valence-corrected chi connectivity index (χ1v) is 6.04. The summed E-state index contributed by atoms with van der Waals surface area (Å²) in [5.74, 6) is -2.95. The SMILES string of the molecule is Cc1c(C(=O)CC(=O)C(F)(F)F)cnn1-c1ccccc1. The molecule has 0 fully saturated rings. The molecule has 110 valence electrons. The van der Waals surface area contributed by atoms with Crippen LogP contribution < -0.4 is 0 Å². The maximum absolute atomic E-state index is 12.2. The Morgan fingerprint density at radius 1 is 1.19 bits per heavy atom. The number of carbonyl (C=O) groups is 2. The highest BCUT2D eigenvalue weighted by atomic mass is 19.4. The Balaban J connectivity index is 2.25. The van der Waals surface area contributed by atoms with Gasteiger partial charge in [-0.1, -0.05) is 18.2 Å². The fourth-order valence-electron chi connectivity index (χ4n) is 1.85. The van der Waals surface area contributed by atoms with Gasteiger partial charge in [-0.3, -0.25) is 9.59 Å². The minimum atomic E-state index is -5.00. The third-order valence-electron chi connectivity index (χ3n) is 2.95. The van der Waals surface area contributed by atoms with E-state index in [4.69, 9.17) is 0 Å². The summed E-state index contributed by atoms with van der Waals surface area (Å²) in [6.07, 6.45) is -5.03. The van der Waals surface area contributed by atoms with Crippen LogP contribution in [0.15, 0.2) is 36.5 Å². The van der Waals surface area contributed by atoms with Crippen LogP contribution in [-0.2, 0) is 4.79 Å². The molecule has 0 unspecified atom stereocenters. The third-order valence-corrected chi connectivity index (χ3v) is 2.95. The number of ketones is 2. The Bertz CT molecular complexity index is 675. The first kappa shape index (κ1) is 15.0. The average molecular weight is 296 g/mol. The summed E-state index contributed by atoms with van der Waals surface area (Å²) in [7, 11) is 0. The zero-order chi connectivity index (χ0) is 15.6. The number of hydrogen-bond donors (Lipinski definition) is 0. The van der Waals surface area contributed by atoms with Gasteiger partial charge in [0.1, 0.15) is 0 Å². The van der Waals surface area contributed by atoms with E-state index >= 15 is 0 Å². The van der Waals surface area contributed by atoms with Gasteiger partial charge in [0.15, 0.2) is 5.78 Å². The number of rotatable bonds is 4. The lowest BCUT2D eigenvalue weighted by Crippen LogP contribution is -2.25. The van der Waals surface area contributed by atoms with Gasteiger partial charge in [0.25, 0.3) is 0 Å². The van der Waals surface area contributed by atoms with Crippen molar-refractivity contribution in [1.82, 2.24) is 9.78 Å². The van der Waals surface area contributed by atoms with Crippen LogP contribution >= 0.6 is 0 Å². The number of para-hydroxylation sites is 1. The van der Waals surface area contributed by atoms with Crippen LogP contribution in [0.5, 0.6) is 0 Å². The lowest BCUT2D eigenvalue weighted by molar-refractivity contribution is -0.170. The Labute approximate surface area is 118 Å². The molecule has 0 aliphatic rings. The second-order valence-electron chi connectivity index (χ2n) is 4.41. The molecule has 0 amide bonds. The van der Waals surface area contributed by atoms with Gasteiger partial charge in [-0.2, -0.15) is 18.3 Å². The molecule has 0 N–H and O–H groups in total. The minimum absolute atomic E-state index is 0.0106. The molecule has 1 heterocycles. The lowest BCUT2D eigenvalue weighted by atomic mass is 10.1. The first-order valence-electron chi connectivity index (χ1n) is 6.04. The van der Waals surface area contributed by atoms with E-state index in [0.717, 1.165) is 0 Å². The van der Waals surface area contributed by atoms with Crippen LogP contribution in [0.1, 0.15) is 22.5 Å². The summed E-state index contributed by atoms with van der Waals surface area (Å²) < 4.78 is 38.0. The summed E-state index contributed by atoms with van der Waals surface area (Å²) in [5.41, 5.74) is 1.08. The van der Waals surface area contributed by atoms with Gasteiger partial charge >= 0.3 is 6.18 Å². The maximum atomic E-state index is 12.2. The average Bonchev–Trinajstić information content (AvgIpc) is 2.80. The summed E-state index contributed by atoms with van der Waals surface area (Å²) in [5, 5.41) is 3.98. The van der Waals surface area contributed by atoms with E-state index in [1.807, 2.05) is 0 Å². The maximum Gasteiger partial charge on any atom is 0.450 e. The molecule has 0 radical (unpaired) electrons. The van der Waals surface area contributed by atoms with Gasteiger partial charge in [-0.25, -0.2) is 4.68 Å². The Hall–Kier alpha value is -2.44. The van der Waals surface area contributed by atoms with E-state index < -0.39 is 24.2 Å². The van der Waals surface area contributed by atoms with Crippen molar-refractivity contribution in [2.24, 2.45) is 0 Å². The second-order valence-corrected chi connectivity index (χ2v) is 4.41. The first-order chi connectivity index (χ1) is 9.80. The van der Waals surface area contributed by atoms with Crippen molar-refractivity contribution in [2.75, 3.05) is 0 Å². The van der Waals surface area contributed by atoms with Gasteiger partial charge in [-0.05, 0) is 19.1 Å². The second kappa shape index (κ2) is 5.51. The van der Waals surface area contributed by atoms with Crippen LogP contribution in [-0.4, -0.2) is 27.5 Å². The zero-order valence-electron chi connectivity index (χ0n) is 11.0. The molecule has 2 rings (SSSR count). The third kappa shape index (κ3) is 3.18. The van der Waals surface area contributed by atoms with Gasteiger partial charge in [0.2, 0.25) is 5.78 Å². The number of benzene rings is 1. The van der Waals surface area contributed by atoms with Crippen molar-refractivity contribution in [3.05, 3.63) is 47.8 Å². The van der Waals surface area contributed by atoms with Crippen LogP contribution in [0.25, 0.3) is 5.69 Å². The molecule has 1 aromatic carbocycles. The van der Waals surface area contributed by atoms with Crippen LogP contribution in [0.4, 0.5) is 13.2 Å². The van der Waals surface area contributed by atoms with Gasteiger partial charge in [0, 0.05) is 0 Å². The van der Waals surface area contributed by atoms with Crippen LogP contribution in [0.2, 0.25) is 0 Å². The smallest absolute Gasteiger partial charge is 0.294 e. The highest BCUT2D eigenvalue weighted by Gasteiger charge is 2.39. The minimum Gasteiger partial charge on any atom is -0.294 e. The van der Waals surface area contributed by atoms with E-state index in [1.165, 1.54) is 10.9 Å². The molecule has 1 aromatic heterocycles. The number of carbonyl (C=O) groups excluding carboxylic acids is 2. The number of aromatic nitrogens is 2. The fraction of sp³-hybridized carbons (Fsp3) is 0.214. The molecule has 4 nitrogen and oxygen atoms in total. The molecule has 0 saturated heterocycles. The van der Waals surface area contributed by atoms with E-state index in [2.05, 4.69) is 5.10 Å². The molecule has 0 bridgehead atoms. The molecule has 0 atom stereocenters. The van der Waals surface area contributed by atoms with Gasteiger partial charge < -0.3 is 0 Å². The number of hydrogen-bond acceptors (Lipinski definition) is 3. The topological polar surface area (TPSA) is 52.0 Å². The Morgan fingerprint density at radius 3 is 2.38 bits per heavy atom. The fourth-order valence-corrected chi connectivity index (χ4v) is 1.85.